The quantitative estimate of drug-likeness (QED) is 0.859. The van der Waals surface area contributed by atoms with Gasteiger partial charge in [0.15, 0.2) is 0 Å². The first-order valence-electron chi connectivity index (χ1n) is 7.17. The standard InChI is InChI=1S/C17H22N2OS/c1-11(2)13-6-8-14(9-7-13)16(15-5-4-10-21-15)19-12(3)17(18)20/h4-12,16,19H,1-3H3,(H2,18,20)/t12-,16-/m0/s1. The van der Waals surface area contributed by atoms with Crippen LogP contribution in [0, 0.1) is 0 Å². The van der Waals surface area contributed by atoms with Crippen molar-refractivity contribution in [3.63, 3.8) is 0 Å². The number of hydrogen-bond acceptors (Lipinski definition) is 3. The van der Waals surface area contributed by atoms with E-state index in [2.05, 4.69) is 49.5 Å². The molecule has 0 aliphatic carbocycles. The Labute approximate surface area is 130 Å². The summed E-state index contributed by atoms with van der Waals surface area (Å²) in [5.41, 5.74) is 7.84. The molecule has 0 aliphatic rings. The van der Waals surface area contributed by atoms with E-state index < -0.39 is 0 Å². The smallest absolute Gasteiger partial charge is 0.234 e. The molecule has 21 heavy (non-hydrogen) atoms. The van der Waals surface area contributed by atoms with Crippen LogP contribution in [0.15, 0.2) is 41.8 Å². The second-order valence-corrected chi connectivity index (χ2v) is 6.54. The van der Waals surface area contributed by atoms with Gasteiger partial charge in [-0.2, -0.15) is 0 Å². The number of rotatable bonds is 6. The van der Waals surface area contributed by atoms with Crippen molar-refractivity contribution in [1.82, 2.24) is 5.32 Å². The van der Waals surface area contributed by atoms with Gasteiger partial charge < -0.3 is 5.73 Å². The molecule has 2 rings (SSSR count). The summed E-state index contributed by atoms with van der Waals surface area (Å²) in [7, 11) is 0. The van der Waals surface area contributed by atoms with Crippen molar-refractivity contribution in [2.75, 3.05) is 0 Å². The highest BCUT2D eigenvalue weighted by Crippen LogP contribution is 2.27. The number of primary amides is 1. The van der Waals surface area contributed by atoms with Gasteiger partial charge in [0.2, 0.25) is 5.91 Å². The highest BCUT2D eigenvalue weighted by atomic mass is 32.1. The summed E-state index contributed by atoms with van der Waals surface area (Å²) in [6.45, 7) is 6.16. The number of carbonyl (C=O) groups excluding carboxylic acids is 1. The van der Waals surface area contributed by atoms with Crippen LogP contribution in [0.1, 0.15) is 48.7 Å². The molecule has 0 saturated carbocycles. The summed E-state index contributed by atoms with van der Waals surface area (Å²) >= 11 is 1.68. The summed E-state index contributed by atoms with van der Waals surface area (Å²) < 4.78 is 0. The van der Waals surface area contributed by atoms with E-state index in [-0.39, 0.29) is 18.0 Å². The minimum absolute atomic E-state index is 0.00582. The lowest BCUT2D eigenvalue weighted by atomic mass is 9.98. The first-order chi connectivity index (χ1) is 9.99. The number of benzene rings is 1. The van der Waals surface area contributed by atoms with E-state index >= 15 is 0 Å². The average molecular weight is 302 g/mol. The van der Waals surface area contributed by atoms with E-state index in [0.29, 0.717) is 5.92 Å². The Morgan fingerprint density at radius 3 is 2.19 bits per heavy atom. The highest BCUT2D eigenvalue weighted by molar-refractivity contribution is 7.10. The highest BCUT2D eigenvalue weighted by Gasteiger charge is 2.20. The second kappa shape index (κ2) is 6.87. The number of nitrogens with two attached hydrogens (primary N) is 1. The molecule has 1 aromatic carbocycles. The Balaban J connectivity index is 2.29. The van der Waals surface area contributed by atoms with E-state index in [1.54, 1.807) is 18.3 Å². The van der Waals surface area contributed by atoms with Gasteiger partial charge in [-0.1, -0.05) is 44.2 Å². The molecule has 2 atom stereocenters. The van der Waals surface area contributed by atoms with Crippen LogP contribution >= 0.6 is 11.3 Å². The van der Waals surface area contributed by atoms with E-state index in [0.717, 1.165) is 5.56 Å². The molecular weight excluding hydrogens is 280 g/mol. The normalized spacial score (nSPS) is 14.1. The maximum atomic E-state index is 11.3. The van der Waals surface area contributed by atoms with Crippen LogP contribution < -0.4 is 11.1 Å². The monoisotopic (exact) mass is 302 g/mol. The fourth-order valence-corrected chi connectivity index (χ4v) is 3.02. The molecule has 0 bridgehead atoms. The number of thiophene rings is 1. The molecule has 4 heteroatoms. The first kappa shape index (κ1) is 15.7. The van der Waals surface area contributed by atoms with E-state index in [1.165, 1.54) is 10.4 Å². The molecule has 0 aliphatic heterocycles. The summed E-state index contributed by atoms with van der Waals surface area (Å²) in [6.07, 6.45) is 0. The average Bonchev–Trinajstić information content (AvgIpc) is 2.98. The molecule has 3 nitrogen and oxygen atoms in total. The third kappa shape index (κ3) is 3.93. The number of nitrogens with one attached hydrogen (secondary N) is 1. The summed E-state index contributed by atoms with van der Waals surface area (Å²) in [4.78, 5) is 12.5. The van der Waals surface area contributed by atoms with Gasteiger partial charge in [0, 0.05) is 4.88 Å². The van der Waals surface area contributed by atoms with Crippen molar-refractivity contribution in [1.29, 1.82) is 0 Å². The molecule has 0 fully saturated rings. The number of hydrogen-bond donors (Lipinski definition) is 2. The fourth-order valence-electron chi connectivity index (χ4n) is 2.20. The molecule has 112 valence electrons. The predicted octanol–water partition coefficient (Wildman–Crippen LogP) is 3.42. The number of carbonyl (C=O) groups is 1. The molecule has 0 saturated heterocycles. The Morgan fingerprint density at radius 1 is 1.10 bits per heavy atom. The maximum Gasteiger partial charge on any atom is 0.234 e. The van der Waals surface area contributed by atoms with Crippen molar-refractivity contribution in [2.45, 2.75) is 38.8 Å². The van der Waals surface area contributed by atoms with Crippen LogP contribution in [-0.2, 0) is 4.79 Å². The molecule has 1 aromatic heterocycles. The van der Waals surface area contributed by atoms with Gasteiger partial charge in [0.25, 0.3) is 0 Å². The first-order valence-corrected chi connectivity index (χ1v) is 8.05. The van der Waals surface area contributed by atoms with Crippen LogP contribution in [0.2, 0.25) is 0 Å². The molecule has 3 N–H and O–H groups in total. The van der Waals surface area contributed by atoms with E-state index in [9.17, 15) is 4.79 Å². The summed E-state index contributed by atoms with van der Waals surface area (Å²) in [6, 6.07) is 12.3. The zero-order valence-corrected chi connectivity index (χ0v) is 13.5. The summed E-state index contributed by atoms with van der Waals surface area (Å²) in [5.74, 6) is 0.173. The molecule has 2 aromatic rings. The van der Waals surface area contributed by atoms with Gasteiger partial charge in [0.1, 0.15) is 0 Å². The van der Waals surface area contributed by atoms with Crippen LogP contribution in [0.25, 0.3) is 0 Å². The van der Waals surface area contributed by atoms with Crippen molar-refractivity contribution in [3.8, 4) is 0 Å². The Morgan fingerprint density at radius 2 is 1.71 bits per heavy atom. The largest absolute Gasteiger partial charge is 0.368 e. The van der Waals surface area contributed by atoms with Crippen LogP contribution in [-0.4, -0.2) is 11.9 Å². The Bertz CT molecular complexity index is 575. The predicted molar refractivity (Wildman–Crippen MR) is 88.5 cm³/mol. The van der Waals surface area contributed by atoms with Gasteiger partial charge in [0.05, 0.1) is 12.1 Å². The Kier molecular flexibility index (Phi) is 5.15. The van der Waals surface area contributed by atoms with Crippen LogP contribution in [0.3, 0.4) is 0 Å². The molecule has 0 unspecified atom stereocenters. The Hall–Kier alpha value is -1.65. The van der Waals surface area contributed by atoms with Gasteiger partial charge in [-0.25, -0.2) is 0 Å². The zero-order chi connectivity index (χ0) is 15.4. The zero-order valence-electron chi connectivity index (χ0n) is 12.7. The minimum atomic E-state index is -0.373. The van der Waals surface area contributed by atoms with Gasteiger partial charge in [-0.3, -0.25) is 10.1 Å². The number of amides is 1. The van der Waals surface area contributed by atoms with Gasteiger partial charge >= 0.3 is 0 Å². The van der Waals surface area contributed by atoms with Gasteiger partial charge in [-0.15, -0.1) is 11.3 Å². The lowest BCUT2D eigenvalue weighted by molar-refractivity contribution is -0.119. The lowest BCUT2D eigenvalue weighted by Gasteiger charge is -2.22. The van der Waals surface area contributed by atoms with Crippen LogP contribution in [0.4, 0.5) is 0 Å². The van der Waals surface area contributed by atoms with Crippen molar-refractivity contribution in [3.05, 3.63) is 57.8 Å². The fraction of sp³-hybridized carbons (Fsp3) is 0.353. The molecular formula is C17H22N2OS. The van der Waals surface area contributed by atoms with Crippen molar-refractivity contribution < 1.29 is 4.79 Å². The van der Waals surface area contributed by atoms with Crippen molar-refractivity contribution in [2.24, 2.45) is 5.73 Å². The molecule has 0 radical (unpaired) electrons. The lowest BCUT2D eigenvalue weighted by Crippen LogP contribution is -2.40. The van der Waals surface area contributed by atoms with Crippen LogP contribution in [0.5, 0.6) is 0 Å². The molecule has 1 amide bonds. The van der Waals surface area contributed by atoms with E-state index in [4.69, 9.17) is 5.73 Å². The topological polar surface area (TPSA) is 55.1 Å². The molecule has 0 spiro atoms. The maximum absolute atomic E-state index is 11.3. The third-order valence-electron chi connectivity index (χ3n) is 3.61. The second-order valence-electron chi connectivity index (χ2n) is 5.56. The third-order valence-corrected chi connectivity index (χ3v) is 4.54. The van der Waals surface area contributed by atoms with E-state index in [1.807, 2.05) is 11.4 Å². The SMILES string of the molecule is CC(C)c1ccc([C@H](N[C@@H](C)C(N)=O)c2cccs2)cc1. The minimum Gasteiger partial charge on any atom is -0.368 e. The van der Waals surface area contributed by atoms with Crippen molar-refractivity contribution >= 4 is 17.2 Å². The van der Waals surface area contributed by atoms with Gasteiger partial charge in [-0.05, 0) is 35.4 Å². The molecule has 1 heterocycles. The summed E-state index contributed by atoms with van der Waals surface area (Å²) in [5, 5.41) is 5.36.